The maximum atomic E-state index is 15.5. The molecule has 0 spiro atoms. The summed E-state index contributed by atoms with van der Waals surface area (Å²) in [7, 11) is -14.2. The van der Waals surface area contributed by atoms with Crippen LogP contribution in [0.3, 0.4) is 0 Å². The van der Waals surface area contributed by atoms with Crippen LogP contribution in [-0.2, 0) is 70.1 Å². The third kappa shape index (κ3) is 19.1. The first-order valence-electron chi connectivity index (χ1n) is 36.2. The number of aromatic amines is 3. The van der Waals surface area contributed by atoms with Crippen molar-refractivity contribution in [2.45, 2.75) is 155 Å². The molecule has 9 heterocycles. The van der Waals surface area contributed by atoms with Crippen LogP contribution in [0, 0.1) is 0 Å². The molecular weight excluding hydrogens is 1690 g/mol. The van der Waals surface area contributed by atoms with Crippen LogP contribution in [0.4, 0.5) is 31.0 Å². The summed E-state index contributed by atoms with van der Waals surface area (Å²) in [5, 5.41) is 47.5. The van der Waals surface area contributed by atoms with Crippen LogP contribution < -0.4 is 61.9 Å². The number of aliphatic hydroxyl groups is 3. The Morgan fingerprint density at radius 1 is 0.483 bits per heavy atom. The minimum absolute atomic E-state index is 0.0217. The number of benzene rings is 3. The summed E-state index contributed by atoms with van der Waals surface area (Å²) >= 11 is 20.5. The molecule has 0 aliphatic carbocycles. The van der Waals surface area contributed by atoms with Crippen molar-refractivity contribution in [3.63, 3.8) is 0 Å². The van der Waals surface area contributed by atoms with E-state index in [1.165, 1.54) is 125 Å². The van der Waals surface area contributed by atoms with Gasteiger partial charge in [0.25, 0.3) is 16.7 Å². The number of alkyl halides is 6. The molecule has 20 atom stereocenters. The second-order valence-corrected chi connectivity index (χ2v) is 35.0. The van der Waals surface area contributed by atoms with E-state index in [-0.39, 0.29) is 68.2 Å². The fraction of sp³-hybridized carbons (Fsp3) is 0.443. The highest BCUT2D eigenvalue weighted by Gasteiger charge is 2.60. The van der Waals surface area contributed by atoms with E-state index in [0.717, 1.165) is 9.13 Å². The Balaban J connectivity index is 0.684. The molecule has 3 aliphatic heterocycles. The number of aliphatic hydroxyl groups excluding tert-OH is 3. The summed E-state index contributed by atoms with van der Waals surface area (Å²) in [6, 6.07) is 22.2. The van der Waals surface area contributed by atoms with E-state index in [1.807, 2.05) is 0 Å². The van der Waals surface area contributed by atoms with Crippen LogP contribution >= 0.6 is 58.0 Å². The SMILES string of the molecule is CC(C)OC(=O)[C@H](C)NP(=O)(OC[C@H]1O[C@@H](n2ccc3c(=O)[nH]c(NC(C)OC(=O)[C@H](C)N[P@](=O)(OC[C@H]4O[C@@H](n5ccc6c(=O)[nH]c(NC(C)OC(=O)[C@H](C)N[P@@](=O)(OC[C@H]7O[C@@H](n8ccc9c(=O)[nH]c(N)nc98)[C@@](Cl)(CF)C7O)Oc7ccccc7)nc65)[C@@](Cl)(CF)C4O)Oc4ccccc4)nc32)[C@@](Cl)(CF)C1O)Oc1ccccc1. The van der Waals surface area contributed by atoms with Gasteiger partial charge in [-0.25, -0.2) is 26.9 Å². The molecular formula is C70H82Cl3F3N15O24P3. The first-order valence-corrected chi connectivity index (χ1v) is 42.0. The van der Waals surface area contributed by atoms with Gasteiger partial charge < -0.3 is 87.4 Å². The molecule has 0 radical (unpaired) electrons. The summed E-state index contributed by atoms with van der Waals surface area (Å²) in [5.41, 5.74) is 3.09. The Bertz CT molecular complexity index is 5440. The number of anilines is 3. The van der Waals surface area contributed by atoms with Crippen LogP contribution in [0.1, 0.15) is 67.1 Å². The molecule has 39 nitrogen and oxygen atoms in total. The van der Waals surface area contributed by atoms with Crippen molar-refractivity contribution in [1.29, 1.82) is 0 Å². The molecule has 3 aliphatic rings. The number of para-hydroxylation sites is 3. The van der Waals surface area contributed by atoms with E-state index >= 15 is 8.78 Å². The highest BCUT2D eigenvalue weighted by atomic mass is 35.5. The highest BCUT2D eigenvalue weighted by molar-refractivity contribution is 7.52. The Morgan fingerprint density at radius 2 is 0.771 bits per heavy atom. The average molecular weight is 1770 g/mol. The number of hydrogen-bond acceptors (Lipinski definition) is 30. The lowest BCUT2D eigenvalue weighted by atomic mass is 10.00. The molecule has 118 heavy (non-hydrogen) atoms. The number of hydrogen-bond donors (Lipinski definition) is 12. The van der Waals surface area contributed by atoms with E-state index in [0.29, 0.717) is 0 Å². The molecule has 13 N–H and O–H groups in total. The largest absolute Gasteiger partial charge is 0.462 e. The molecule has 12 rings (SSSR count). The molecule has 9 aromatic rings. The van der Waals surface area contributed by atoms with Crippen LogP contribution in [0.5, 0.6) is 17.2 Å². The maximum absolute atomic E-state index is 15.5. The van der Waals surface area contributed by atoms with Crippen molar-refractivity contribution >= 4 is 127 Å². The third-order valence-electron chi connectivity index (χ3n) is 18.7. The first kappa shape index (κ1) is 88.3. The predicted molar refractivity (Wildman–Crippen MR) is 418 cm³/mol. The zero-order valence-corrected chi connectivity index (χ0v) is 68.3. The average Bonchev–Trinajstić information content (AvgIpc) is 1.60. The molecule has 3 saturated heterocycles. The number of rotatable bonds is 37. The topological polar surface area (TPSA) is 512 Å². The number of nitrogens with zero attached hydrogens (tertiary/aromatic N) is 6. The van der Waals surface area contributed by atoms with E-state index < -0.39 is 204 Å². The van der Waals surface area contributed by atoms with Gasteiger partial charge in [0, 0.05) is 18.6 Å². The lowest BCUT2D eigenvalue weighted by molar-refractivity contribution is -0.149. The molecule has 638 valence electrons. The van der Waals surface area contributed by atoms with Gasteiger partial charge in [0.1, 0.15) is 107 Å². The first-order chi connectivity index (χ1) is 55.9. The number of nitrogens with two attached hydrogens (primary N) is 1. The summed E-state index contributed by atoms with van der Waals surface area (Å²) in [4.78, 5) is 94.0. The van der Waals surface area contributed by atoms with Gasteiger partial charge in [-0.05, 0) is 103 Å². The van der Waals surface area contributed by atoms with Crippen molar-refractivity contribution in [1.82, 2.24) is 58.9 Å². The van der Waals surface area contributed by atoms with Crippen LogP contribution in [-0.4, -0.2) is 205 Å². The highest BCUT2D eigenvalue weighted by Crippen LogP contribution is 2.53. The molecule has 0 amide bonds. The van der Waals surface area contributed by atoms with Gasteiger partial charge in [-0.15, -0.1) is 34.8 Å². The fourth-order valence-electron chi connectivity index (χ4n) is 12.8. The molecule has 6 aromatic heterocycles. The zero-order chi connectivity index (χ0) is 85.1. The Hall–Kier alpha value is -9.00. The van der Waals surface area contributed by atoms with E-state index in [1.54, 1.807) is 56.3 Å². The number of carbonyl (C=O) groups excluding carboxylic acids is 3. The Kier molecular flexibility index (Phi) is 27.0. The third-order valence-corrected chi connectivity index (χ3v) is 25.1. The van der Waals surface area contributed by atoms with Crippen molar-refractivity contribution in [2.24, 2.45) is 0 Å². The molecule has 0 bridgehead atoms. The number of nitrogen functional groups attached to an aromatic ring is 1. The number of halogens is 6. The Morgan fingerprint density at radius 3 is 1.07 bits per heavy atom. The molecule has 6 unspecified atom stereocenters. The van der Waals surface area contributed by atoms with Gasteiger partial charge in [-0.3, -0.25) is 57.3 Å². The zero-order valence-electron chi connectivity index (χ0n) is 63.3. The number of aromatic nitrogens is 9. The number of H-pyrrole nitrogens is 3. The van der Waals surface area contributed by atoms with Crippen molar-refractivity contribution in [2.75, 3.05) is 56.2 Å². The van der Waals surface area contributed by atoms with Gasteiger partial charge in [-0.1, -0.05) is 54.6 Å². The lowest BCUT2D eigenvalue weighted by Gasteiger charge is -2.28. The second kappa shape index (κ2) is 36.1. The van der Waals surface area contributed by atoms with Crippen molar-refractivity contribution < 1.29 is 112 Å². The number of fused-ring (bicyclic) bond motifs is 3. The number of carbonyl (C=O) groups is 3. The molecule has 0 saturated carbocycles. The van der Waals surface area contributed by atoms with E-state index in [9.17, 15) is 62.2 Å². The number of nitrogens with one attached hydrogen (secondary N) is 8. The second-order valence-electron chi connectivity index (χ2n) is 27.8. The molecule has 3 fully saturated rings. The van der Waals surface area contributed by atoms with Crippen LogP contribution in [0.15, 0.2) is 142 Å². The normalized spacial score (nSPS) is 26.1. The standard InChI is InChI=1S/C70H82Cl3F3N15O24P3/c1-35(2)107-59(98)36(3)86-116(101,113-41-17-11-8-12-18-41)104-30-48-51(93)69(72,33-75)63(111-48)90-27-24-45-54(90)81-66(84-57(45)96)79-40(7)109-61(100)38(5)88-118(103,115-43-21-15-10-16-22-43)106-31-49-52(94)70(73,34-76)64(112-49)91-28-25-46-55(91)82-67(85-58(46)97)78-39(6)108-60(99)37(4)87-117(102,114-42-19-13-9-14-20-42)105-29-47-50(92)68(71,32-74)62(110-47)89-26-23-44-53(89)80-65(77)83-56(44)95/h8-28,35-40,47-52,62-64,92-94H,29-34H2,1-7H3,(H,86,101)(H,87,102)(H,88,103)(H3,77,80,83,95)(H2,78,82,85,97)(H2,79,81,84,96)/t36-,37-,38-,39?,40?,47+,48+,49+,50?,51?,52?,62+,63+,64+,68+,69+,70+,116?,117+,118-/m0/s1. The fourth-order valence-corrected chi connectivity index (χ4v) is 18.2. The van der Waals surface area contributed by atoms with Crippen molar-refractivity contribution in [3.8, 4) is 17.2 Å². The Labute approximate surface area is 681 Å². The quantitative estimate of drug-likeness (QED) is 0.00589. The van der Waals surface area contributed by atoms with Crippen LogP contribution in [0.25, 0.3) is 33.1 Å². The van der Waals surface area contributed by atoms with Gasteiger partial charge >= 0.3 is 41.1 Å². The van der Waals surface area contributed by atoms with Gasteiger partial charge in [0.05, 0.1) is 42.1 Å². The molecule has 3 aromatic carbocycles. The van der Waals surface area contributed by atoms with E-state index in [2.05, 4.69) is 55.8 Å². The summed E-state index contributed by atoms with van der Waals surface area (Å²) in [6.45, 7) is 2.82. The summed E-state index contributed by atoms with van der Waals surface area (Å²) in [5.74, 6) is -4.04. The molecule has 48 heteroatoms. The van der Waals surface area contributed by atoms with Crippen LogP contribution in [0.2, 0.25) is 0 Å². The smallest absolute Gasteiger partial charge is 0.459 e. The summed E-state index contributed by atoms with van der Waals surface area (Å²) < 4.78 is 163. The predicted octanol–water partition coefficient (Wildman–Crippen LogP) is 7.50. The monoisotopic (exact) mass is 1770 g/mol. The minimum atomic E-state index is -4.87. The van der Waals surface area contributed by atoms with Gasteiger partial charge in [0.15, 0.2) is 48.1 Å². The van der Waals surface area contributed by atoms with Gasteiger partial charge in [-0.2, -0.15) is 30.2 Å². The minimum Gasteiger partial charge on any atom is -0.462 e. The van der Waals surface area contributed by atoms with Gasteiger partial charge in [0.2, 0.25) is 17.8 Å². The number of esters is 3. The van der Waals surface area contributed by atoms with E-state index in [4.69, 9.17) is 96.1 Å². The van der Waals surface area contributed by atoms with Crippen molar-refractivity contribution in [3.05, 3.63) is 159 Å². The summed E-state index contributed by atoms with van der Waals surface area (Å²) in [6.07, 6.45) is -14.9. The lowest BCUT2D eigenvalue weighted by Crippen LogP contribution is -2.44. The maximum Gasteiger partial charge on any atom is 0.459 e. The number of ether oxygens (including phenoxy) is 6.